The molecule has 1 heterocycles. The Hall–Kier alpha value is -3.00. The lowest BCUT2D eigenvalue weighted by molar-refractivity contribution is -0.121. The molecule has 31 heavy (non-hydrogen) atoms. The first-order chi connectivity index (χ1) is 15.0. The smallest absolute Gasteiger partial charge is 0.247 e. The van der Waals surface area contributed by atoms with E-state index in [1.165, 1.54) is 16.7 Å². The topological polar surface area (TPSA) is 80.2 Å². The van der Waals surface area contributed by atoms with Crippen LogP contribution in [0.15, 0.2) is 53.5 Å². The molecule has 0 aliphatic carbocycles. The summed E-state index contributed by atoms with van der Waals surface area (Å²) in [6.45, 7) is 5.20. The maximum atomic E-state index is 12.9. The molecular weight excluding hydrogens is 414 g/mol. The van der Waals surface area contributed by atoms with Crippen molar-refractivity contribution < 1.29 is 19.1 Å². The van der Waals surface area contributed by atoms with Gasteiger partial charge in [0.1, 0.15) is 16.7 Å². The fraction of sp³-hybridized carbons (Fsp3) is 0.348. The van der Waals surface area contributed by atoms with Crippen LogP contribution < -0.4 is 19.7 Å². The summed E-state index contributed by atoms with van der Waals surface area (Å²) in [6.07, 6.45) is 1.04. The van der Waals surface area contributed by atoms with E-state index in [4.69, 9.17) is 9.47 Å². The van der Waals surface area contributed by atoms with Crippen LogP contribution in [-0.4, -0.2) is 42.5 Å². The number of imide groups is 1. The van der Waals surface area contributed by atoms with E-state index in [0.29, 0.717) is 24.1 Å². The summed E-state index contributed by atoms with van der Waals surface area (Å²) in [4.78, 5) is 31.0. The van der Waals surface area contributed by atoms with Crippen molar-refractivity contribution in [1.29, 1.82) is 0 Å². The van der Waals surface area contributed by atoms with E-state index in [2.05, 4.69) is 10.3 Å². The van der Waals surface area contributed by atoms with Gasteiger partial charge in [-0.25, -0.2) is 4.90 Å². The van der Waals surface area contributed by atoms with E-state index in [0.717, 1.165) is 23.6 Å². The molecule has 0 aromatic heterocycles. The van der Waals surface area contributed by atoms with Crippen LogP contribution in [0, 0.1) is 0 Å². The highest BCUT2D eigenvalue weighted by molar-refractivity contribution is 8.15. The van der Waals surface area contributed by atoms with Crippen LogP contribution in [-0.2, 0) is 9.59 Å². The molecule has 0 spiro atoms. The second-order valence-corrected chi connectivity index (χ2v) is 8.02. The molecule has 2 aromatic carbocycles. The molecular formula is C23H27N3O4S. The summed E-state index contributed by atoms with van der Waals surface area (Å²) in [5.41, 5.74) is 1.38. The van der Waals surface area contributed by atoms with Gasteiger partial charge < -0.3 is 14.8 Å². The van der Waals surface area contributed by atoms with E-state index >= 15 is 0 Å². The Bertz CT molecular complexity index is 929. The monoisotopic (exact) mass is 441 g/mol. The minimum atomic E-state index is -0.530. The van der Waals surface area contributed by atoms with Gasteiger partial charge in [0.05, 0.1) is 18.9 Å². The first-order valence-corrected chi connectivity index (χ1v) is 11.2. The van der Waals surface area contributed by atoms with E-state index in [-0.39, 0.29) is 18.2 Å². The molecule has 2 amide bonds. The maximum Gasteiger partial charge on any atom is 0.247 e. The van der Waals surface area contributed by atoms with Crippen LogP contribution in [0.25, 0.3) is 0 Å². The number of hydrogen-bond donors (Lipinski definition) is 1. The molecule has 3 rings (SSSR count). The molecule has 2 aromatic rings. The van der Waals surface area contributed by atoms with Crippen LogP contribution >= 0.6 is 11.8 Å². The van der Waals surface area contributed by atoms with Gasteiger partial charge in [0.15, 0.2) is 5.17 Å². The number of carbonyl (C=O) groups excluding carboxylic acids is 2. The highest BCUT2D eigenvalue weighted by Crippen LogP contribution is 2.31. The molecule has 7 nitrogen and oxygen atoms in total. The summed E-state index contributed by atoms with van der Waals surface area (Å²) in [5.74, 6) is 1.04. The molecule has 1 atom stereocenters. The number of rotatable bonds is 8. The Morgan fingerprint density at radius 1 is 1.06 bits per heavy atom. The van der Waals surface area contributed by atoms with E-state index in [1.807, 2.05) is 38.1 Å². The van der Waals surface area contributed by atoms with Gasteiger partial charge in [0.2, 0.25) is 11.8 Å². The normalized spacial score (nSPS) is 16.5. The van der Waals surface area contributed by atoms with Crippen molar-refractivity contribution in [3.8, 4) is 11.5 Å². The maximum absolute atomic E-state index is 12.9. The molecule has 0 saturated carbocycles. The number of amides is 2. The van der Waals surface area contributed by atoms with Crippen molar-refractivity contribution >= 4 is 40.1 Å². The molecule has 8 heteroatoms. The number of nitrogens with zero attached hydrogens (tertiary/aromatic N) is 2. The number of nitrogens with one attached hydrogen (secondary N) is 1. The fourth-order valence-corrected chi connectivity index (χ4v) is 4.06. The molecule has 0 bridgehead atoms. The predicted octanol–water partition coefficient (Wildman–Crippen LogP) is 4.34. The van der Waals surface area contributed by atoms with Crippen molar-refractivity contribution in [1.82, 2.24) is 0 Å². The minimum Gasteiger partial charge on any atom is -0.494 e. The largest absolute Gasteiger partial charge is 0.494 e. The minimum absolute atomic E-state index is 0.127. The Morgan fingerprint density at radius 2 is 1.71 bits per heavy atom. The highest BCUT2D eigenvalue weighted by atomic mass is 32.2. The van der Waals surface area contributed by atoms with Gasteiger partial charge >= 0.3 is 0 Å². The number of amidine groups is 1. The molecule has 1 aliphatic heterocycles. The fourth-order valence-electron chi connectivity index (χ4n) is 3.08. The van der Waals surface area contributed by atoms with E-state index < -0.39 is 5.25 Å². The third kappa shape index (κ3) is 5.79. The summed E-state index contributed by atoms with van der Waals surface area (Å²) in [5, 5.41) is 3.24. The van der Waals surface area contributed by atoms with E-state index in [1.54, 1.807) is 31.3 Å². The zero-order valence-electron chi connectivity index (χ0n) is 18.0. The number of carbonyl (C=O) groups is 2. The SMILES string of the molecule is CCCOc1ccc(N2C(=O)CC(SC(=NC)Nc3ccc(OCC)cc3)C2=O)cc1. The Labute approximate surface area is 186 Å². The highest BCUT2D eigenvalue weighted by Gasteiger charge is 2.40. The average molecular weight is 442 g/mol. The number of anilines is 2. The zero-order valence-corrected chi connectivity index (χ0v) is 18.8. The molecule has 0 radical (unpaired) electrons. The van der Waals surface area contributed by atoms with Crippen molar-refractivity contribution in [2.24, 2.45) is 4.99 Å². The lowest BCUT2D eigenvalue weighted by atomic mass is 10.3. The molecule has 1 fully saturated rings. The summed E-state index contributed by atoms with van der Waals surface area (Å²) in [6, 6.07) is 14.5. The van der Waals surface area contributed by atoms with Crippen molar-refractivity contribution in [2.75, 3.05) is 30.5 Å². The first-order valence-electron chi connectivity index (χ1n) is 10.3. The number of hydrogen-bond acceptors (Lipinski definition) is 6. The third-order valence-electron chi connectivity index (χ3n) is 4.55. The molecule has 1 saturated heterocycles. The summed E-state index contributed by atoms with van der Waals surface area (Å²) in [7, 11) is 1.65. The third-order valence-corrected chi connectivity index (χ3v) is 5.71. The van der Waals surface area contributed by atoms with Crippen LogP contribution in [0.4, 0.5) is 11.4 Å². The summed E-state index contributed by atoms with van der Waals surface area (Å²) < 4.78 is 11.0. The zero-order chi connectivity index (χ0) is 22.2. The van der Waals surface area contributed by atoms with E-state index in [9.17, 15) is 9.59 Å². The predicted molar refractivity (Wildman–Crippen MR) is 125 cm³/mol. The van der Waals surface area contributed by atoms with Gasteiger partial charge in [-0.1, -0.05) is 18.7 Å². The van der Waals surface area contributed by atoms with Crippen molar-refractivity contribution in [3.05, 3.63) is 48.5 Å². The van der Waals surface area contributed by atoms with Gasteiger partial charge in [-0.15, -0.1) is 0 Å². The molecule has 1 aliphatic rings. The Kier molecular flexibility index (Phi) is 7.94. The van der Waals surface area contributed by atoms with Gasteiger partial charge in [-0.2, -0.15) is 0 Å². The van der Waals surface area contributed by atoms with Crippen molar-refractivity contribution in [3.63, 3.8) is 0 Å². The second kappa shape index (κ2) is 10.9. The van der Waals surface area contributed by atoms with Crippen LogP contribution in [0.3, 0.4) is 0 Å². The standard InChI is InChI=1S/C23H27N3O4S/c1-4-14-30-19-12-8-17(9-13-19)26-21(27)15-20(22(26)28)31-23(24-3)25-16-6-10-18(11-7-16)29-5-2/h6-13,20H,4-5,14-15H2,1-3H3,(H,24,25). The molecule has 1 unspecified atom stereocenters. The lowest BCUT2D eigenvalue weighted by Gasteiger charge is -2.16. The quantitative estimate of drug-likeness (QED) is 0.373. The first kappa shape index (κ1) is 22.7. The van der Waals surface area contributed by atoms with Crippen molar-refractivity contribution in [2.45, 2.75) is 31.9 Å². The number of thioether (sulfide) groups is 1. The Morgan fingerprint density at radius 3 is 2.32 bits per heavy atom. The lowest BCUT2D eigenvalue weighted by Crippen LogP contribution is -2.31. The van der Waals surface area contributed by atoms with Crippen LogP contribution in [0.5, 0.6) is 11.5 Å². The van der Waals surface area contributed by atoms with Gasteiger partial charge in [0.25, 0.3) is 0 Å². The molecule has 164 valence electrons. The number of ether oxygens (including phenoxy) is 2. The average Bonchev–Trinajstić information content (AvgIpc) is 3.06. The van der Waals surface area contributed by atoms with Crippen LogP contribution in [0.2, 0.25) is 0 Å². The number of benzene rings is 2. The van der Waals surface area contributed by atoms with Crippen LogP contribution in [0.1, 0.15) is 26.7 Å². The van der Waals surface area contributed by atoms with Gasteiger partial charge in [-0.3, -0.25) is 14.6 Å². The summed E-state index contributed by atoms with van der Waals surface area (Å²) >= 11 is 1.26. The second-order valence-electron chi connectivity index (χ2n) is 6.83. The molecule has 1 N–H and O–H groups in total. The number of aliphatic imine (C=N–C) groups is 1. The Balaban J connectivity index is 1.64. The van der Waals surface area contributed by atoms with Gasteiger partial charge in [-0.05, 0) is 61.9 Å². The van der Waals surface area contributed by atoms with Gasteiger partial charge in [0, 0.05) is 19.2 Å².